The maximum absolute atomic E-state index is 12.6. The zero-order valence-corrected chi connectivity index (χ0v) is 20.2. The Bertz CT molecular complexity index is 1530. The summed E-state index contributed by atoms with van der Waals surface area (Å²) in [4.78, 5) is 25.1. The number of nitrogens with zero attached hydrogens (tertiary/aromatic N) is 1. The zero-order valence-electron chi connectivity index (χ0n) is 19.4. The third-order valence-corrected chi connectivity index (χ3v) is 7.67. The summed E-state index contributed by atoms with van der Waals surface area (Å²) in [7, 11) is 0. The molecule has 0 spiro atoms. The number of furan rings is 2. The Labute approximate surface area is 210 Å². The highest BCUT2D eigenvalue weighted by molar-refractivity contribution is 7.06. The number of ether oxygens (including phenoxy) is 1. The van der Waals surface area contributed by atoms with E-state index in [0.29, 0.717) is 47.0 Å². The van der Waals surface area contributed by atoms with Crippen molar-refractivity contribution in [3.63, 3.8) is 0 Å². The first-order valence-electron chi connectivity index (χ1n) is 11.7. The first-order valence-corrected chi connectivity index (χ1v) is 12.5. The normalized spacial score (nSPS) is 15.8. The van der Waals surface area contributed by atoms with Gasteiger partial charge < -0.3 is 18.7 Å². The van der Waals surface area contributed by atoms with Crippen LogP contribution in [0.3, 0.4) is 0 Å². The first kappa shape index (κ1) is 22.4. The van der Waals surface area contributed by atoms with Gasteiger partial charge in [-0.3, -0.25) is 10.1 Å². The second-order valence-corrected chi connectivity index (χ2v) is 10.1. The zero-order chi connectivity index (χ0) is 24.9. The minimum atomic E-state index is -0.929. The van der Waals surface area contributed by atoms with Crippen molar-refractivity contribution in [3.8, 4) is 11.8 Å². The molecular formula is C27H22N2O6S. The van der Waals surface area contributed by atoms with Gasteiger partial charge in [0.1, 0.15) is 17.8 Å². The third kappa shape index (κ3) is 4.14. The predicted molar refractivity (Wildman–Crippen MR) is 132 cm³/mol. The minimum Gasteiger partial charge on any atom is -0.480 e. The maximum Gasteiger partial charge on any atom is 0.412 e. The Hall–Kier alpha value is -4.03. The number of fused-ring (bicyclic) bond motifs is 1. The fraction of sp³-hybridized carbons (Fsp3) is 0.296. The summed E-state index contributed by atoms with van der Waals surface area (Å²) in [5.74, 6) is 6.45. The van der Waals surface area contributed by atoms with E-state index in [1.807, 2.05) is 31.2 Å². The highest BCUT2D eigenvalue weighted by Gasteiger charge is 2.54. The summed E-state index contributed by atoms with van der Waals surface area (Å²) >= 11 is 1.33. The molecule has 36 heavy (non-hydrogen) atoms. The van der Waals surface area contributed by atoms with Crippen molar-refractivity contribution < 1.29 is 28.3 Å². The van der Waals surface area contributed by atoms with E-state index in [1.165, 1.54) is 11.5 Å². The number of anilines is 1. The summed E-state index contributed by atoms with van der Waals surface area (Å²) in [6.07, 6.45) is 2.66. The highest BCUT2D eigenvalue weighted by Crippen LogP contribution is 2.50. The van der Waals surface area contributed by atoms with E-state index in [0.717, 1.165) is 28.8 Å². The van der Waals surface area contributed by atoms with E-state index in [2.05, 4.69) is 21.5 Å². The largest absolute Gasteiger partial charge is 0.480 e. The molecule has 2 N–H and O–H groups in total. The van der Waals surface area contributed by atoms with Crippen molar-refractivity contribution in [1.29, 1.82) is 0 Å². The lowest BCUT2D eigenvalue weighted by atomic mass is 10.0. The number of carbonyl (C=O) groups is 2. The van der Waals surface area contributed by atoms with Crippen LogP contribution in [0.25, 0.3) is 11.2 Å². The smallest absolute Gasteiger partial charge is 0.412 e. The van der Waals surface area contributed by atoms with Crippen LogP contribution in [0.1, 0.15) is 64.8 Å². The number of aryl methyl sites for hydroxylation is 1. The van der Waals surface area contributed by atoms with Gasteiger partial charge >= 0.3 is 12.1 Å². The van der Waals surface area contributed by atoms with E-state index >= 15 is 0 Å². The topological polar surface area (TPSA) is 115 Å². The van der Waals surface area contributed by atoms with Crippen LogP contribution in [0.2, 0.25) is 0 Å². The van der Waals surface area contributed by atoms with E-state index < -0.39 is 17.5 Å². The molecule has 2 fully saturated rings. The highest BCUT2D eigenvalue weighted by atomic mass is 32.1. The lowest BCUT2D eigenvalue weighted by Gasteiger charge is -2.09. The van der Waals surface area contributed by atoms with Crippen molar-refractivity contribution >= 4 is 40.4 Å². The van der Waals surface area contributed by atoms with Crippen molar-refractivity contribution in [2.45, 2.75) is 50.5 Å². The summed E-state index contributed by atoms with van der Waals surface area (Å²) in [6.45, 7) is 2.15. The number of hydrogen-bond acceptors (Lipinski definition) is 7. The summed E-state index contributed by atoms with van der Waals surface area (Å²) in [6, 6.07) is 11.2. The van der Waals surface area contributed by atoms with Gasteiger partial charge in [-0.05, 0) is 79.1 Å². The number of hydrogen-bond donors (Lipinski definition) is 2. The fourth-order valence-corrected chi connectivity index (χ4v) is 5.09. The molecule has 6 rings (SSSR count). The molecule has 2 aliphatic rings. The van der Waals surface area contributed by atoms with Gasteiger partial charge in [-0.25, -0.2) is 4.79 Å². The van der Waals surface area contributed by atoms with Gasteiger partial charge in [-0.15, -0.1) is 0 Å². The van der Waals surface area contributed by atoms with Gasteiger partial charge in [0.05, 0.1) is 16.0 Å². The predicted octanol–water partition coefficient (Wildman–Crippen LogP) is 5.93. The lowest BCUT2D eigenvalue weighted by Crippen LogP contribution is -2.18. The molecule has 2 aliphatic carbocycles. The molecule has 4 aromatic rings. The molecule has 3 aromatic heterocycles. The standard InChI is InChI=1S/C27H22N2O6S/c1-15-4-2-3-5-17(15)14-33-26(32)28-22-20(29-36-23(22)16-6-7-16)9-8-19-12-18-13-21(35-24(18)34-19)27(10-11-27)25(30)31/h2-5,12-13,16H,6-7,10-11,14H2,1H3,(H,28,32)(H,30,31). The first-order chi connectivity index (χ1) is 17.4. The molecule has 2 saturated carbocycles. The van der Waals surface area contributed by atoms with Crippen LogP contribution in [-0.4, -0.2) is 21.5 Å². The van der Waals surface area contributed by atoms with Crippen LogP contribution < -0.4 is 5.32 Å². The van der Waals surface area contributed by atoms with Crippen LogP contribution in [0.15, 0.2) is 45.2 Å². The van der Waals surface area contributed by atoms with Crippen molar-refractivity contribution in [3.05, 3.63) is 69.6 Å². The lowest BCUT2D eigenvalue weighted by molar-refractivity contribution is -0.140. The van der Waals surface area contributed by atoms with E-state index in [4.69, 9.17) is 13.6 Å². The Balaban J connectivity index is 1.20. The van der Waals surface area contributed by atoms with E-state index in [9.17, 15) is 14.7 Å². The number of rotatable bonds is 6. The summed E-state index contributed by atoms with van der Waals surface area (Å²) in [5.41, 5.74) is 2.10. The van der Waals surface area contributed by atoms with Gasteiger partial charge in [-0.1, -0.05) is 24.3 Å². The van der Waals surface area contributed by atoms with Crippen LogP contribution in [0.4, 0.5) is 10.5 Å². The number of aromatic nitrogens is 1. The van der Waals surface area contributed by atoms with Crippen LogP contribution in [0.5, 0.6) is 0 Å². The van der Waals surface area contributed by atoms with Crippen molar-refractivity contribution in [2.75, 3.05) is 5.32 Å². The van der Waals surface area contributed by atoms with Crippen LogP contribution in [0, 0.1) is 18.8 Å². The van der Waals surface area contributed by atoms with Gasteiger partial charge in [0.25, 0.3) is 5.78 Å². The van der Waals surface area contributed by atoms with Gasteiger partial charge in [-0.2, -0.15) is 4.37 Å². The second-order valence-electron chi connectivity index (χ2n) is 9.27. The number of carbonyl (C=O) groups excluding carboxylic acids is 1. The summed E-state index contributed by atoms with van der Waals surface area (Å²) in [5, 5.41) is 13.0. The Morgan fingerprint density at radius 3 is 2.72 bits per heavy atom. The molecule has 0 aliphatic heterocycles. The van der Waals surface area contributed by atoms with Crippen LogP contribution in [-0.2, 0) is 21.6 Å². The SMILES string of the molecule is Cc1ccccc1COC(=O)Nc1c(C#Cc2cc3cc(C4(C(=O)O)CC4)oc3o2)nsc1C1CC1. The molecule has 0 radical (unpaired) electrons. The molecule has 8 nitrogen and oxygen atoms in total. The monoisotopic (exact) mass is 502 g/mol. The molecular weight excluding hydrogens is 480 g/mol. The van der Waals surface area contributed by atoms with E-state index in [-0.39, 0.29) is 12.4 Å². The van der Waals surface area contributed by atoms with Crippen LogP contribution >= 0.6 is 11.5 Å². The average Bonchev–Trinajstić information content (AvgIpc) is 3.75. The molecule has 0 atom stereocenters. The van der Waals surface area contributed by atoms with Gasteiger partial charge in [0.15, 0.2) is 11.5 Å². The molecule has 182 valence electrons. The molecule has 0 saturated heterocycles. The number of carboxylic acid groups (broad SMARTS) is 1. The number of amides is 1. The molecule has 0 bridgehead atoms. The Kier molecular flexibility index (Phi) is 5.34. The summed E-state index contributed by atoms with van der Waals surface area (Å²) < 4.78 is 21.3. The number of benzene rings is 1. The van der Waals surface area contributed by atoms with Crippen molar-refractivity contribution in [1.82, 2.24) is 4.37 Å². The molecule has 1 aromatic carbocycles. The number of aliphatic carboxylic acids is 1. The Morgan fingerprint density at radius 2 is 2.03 bits per heavy atom. The molecule has 3 heterocycles. The quantitative estimate of drug-likeness (QED) is 0.314. The average molecular weight is 503 g/mol. The van der Waals surface area contributed by atoms with E-state index in [1.54, 1.807) is 12.1 Å². The van der Waals surface area contributed by atoms with Gasteiger partial charge in [0, 0.05) is 6.07 Å². The molecule has 9 heteroatoms. The minimum absolute atomic E-state index is 0.173. The fourth-order valence-electron chi connectivity index (χ4n) is 4.13. The number of carboxylic acids is 1. The maximum atomic E-state index is 12.6. The molecule has 1 amide bonds. The second kappa shape index (κ2) is 8.57. The molecule has 0 unspecified atom stereocenters. The number of nitrogens with one attached hydrogen (secondary N) is 1. The Morgan fingerprint density at radius 1 is 1.22 bits per heavy atom. The van der Waals surface area contributed by atoms with Gasteiger partial charge in [0.2, 0.25) is 0 Å². The van der Waals surface area contributed by atoms with Crippen molar-refractivity contribution in [2.24, 2.45) is 0 Å². The third-order valence-electron chi connectivity index (χ3n) is 6.66.